The summed E-state index contributed by atoms with van der Waals surface area (Å²) in [6.07, 6.45) is -2.80. The normalized spacial score (nSPS) is 13.5. The molecule has 0 aromatic carbocycles. The summed E-state index contributed by atoms with van der Waals surface area (Å²) in [5.41, 5.74) is -0.548. The minimum absolute atomic E-state index is 0.106. The van der Waals surface area contributed by atoms with Gasteiger partial charge in [-0.05, 0) is 13.0 Å². The van der Waals surface area contributed by atoms with Gasteiger partial charge < -0.3 is 9.67 Å². The van der Waals surface area contributed by atoms with Crippen molar-refractivity contribution in [1.82, 2.24) is 14.5 Å². The molecule has 20 heavy (non-hydrogen) atoms. The number of aliphatic hydroxyl groups excluding tert-OH is 1. The molecule has 0 aliphatic rings. The Labute approximate surface area is 117 Å². The summed E-state index contributed by atoms with van der Waals surface area (Å²) in [7, 11) is 0. The molecule has 0 spiro atoms. The SMILES string of the molecule is CCn1cncc1C(O)c1ccc(C(F)(F)F)nc1Cl. The lowest BCUT2D eigenvalue weighted by Crippen LogP contribution is -2.12. The molecule has 0 saturated carbocycles. The molecule has 8 heteroatoms. The van der Waals surface area contributed by atoms with Gasteiger partial charge in [0.15, 0.2) is 0 Å². The summed E-state index contributed by atoms with van der Waals surface area (Å²) in [5.74, 6) is 0. The highest BCUT2D eigenvalue weighted by Gasteiger charge is 2.33. The Morgan fingerprint density at radius 2 is 2.10 bits per heavy atom. The monoisotopic (exact) mass is 305 g/mol. The molecule has 0 fully saturated rings. The van der Waals surface area contributed by atoms with E-state index in [0.717, 1.165) is 12.1 Å². The second kappa shape index (κ2) is 5.41. The molecule has 0 aliphatic heterocycles. The summed E-state index contributed by atoms with van der Waals surface area (Å²) in [6, 6.07) is 1.91. The van der Waals surface area contributed by atoms with Crippen LogP contribution < -0.4 is 0 Å². The average Bonchev–Trinajstić information content (AvgIpc) is 2.85. The van der Waals surface area contributed by atoms with Crippen LogP contribution in [-0.4, -0.2) is 19.6 Å². The predicted octanol–water partition coefficient (Wildman–Crippen LogP) is 3.05. The maximum absolute atomic E-state index is 12.5. The van der Waals surface area contributed by atoms with E-state index >= 15 is 0 Å². The zero-order chi connectivity index (χ0) is 14.9. The Hall–Kier alpha value is -1.60. The summed E-state index contributed by atoms with van der Waals surface area (Å²) in [5, 5.41) is 9.82. The molecule has 2 heterocycles. The Bertz CT molecular complexity index is 612. The first-order chi connectivity index (χ1) is 9.34. The van der Waals surface area contributed by atoms with E-state index in [1.165, 1.54) is 12.5 Å². The first-order valence-corrected chi connectivity index (χ1v) is 6.14. The fourth-order valence-corrected chi connectivity index (χ4v) is 2.05. The third-order valence-electron chi connectivity index (χ3n) is 2.83. The summed E-state index contributed by atoms with van der Waals surface area (Å²) < 4.78 is 39.2. The smallest absolute Gasteiger partial charge is 0.382 e. The first-order valence-electron chi connectivity index (χ1n) is 5.76. The second-order valence-corrected chi connectivity index (χ2v) is 4.44. The van der Waals surface area contributed by atoms with Crippen LogP contribution in [0.3, 0.4) is 0 Å². The molecule has 1 N–H and O–H groups in total. The van der Waals surface area contributed by atoms with Crippen LogP contribution >= 0.6 is 11.6 Å². The molecule has 0 saturated heterocycles. The third-order valence-corrected chi connectivity index (χ3v) is 3.13. The third kappa shape index (κ3) is 2.78. The number of pyridine rings is 1. The van der Waals surface area contributed by atoms with Crippen LogP contribution in [-0.2, 0) is 12.7 Å². The number of hydrogen-bond acceptors (Lipinski definition) is 3. The van der Waals surface area contributed by atoms with Crippen molar-refractivity contribution in [1.29, 1.82) is 0 Å². The molecule has 0 radical (unpaired) electrons. The van der Waals surface area contributed by atoms with Crippen LogP contribution in [0.5, 0.6) is 0 Å². The van der Waals surface area contributed by atoms with Crippen molar-refractivity contribution in [3.05, 3.63) is 46.8 Å². The molecule has 4 nitrogen and oxygen atoms in total. The summed E-state index contributed by atoms with van der Waals surface area (Å²) in [6.45, 7) is 2.42. The zero-order valence-corrected chi connectivity index (χ0v) is 11.2. The maximum atomic E-state index is 12.5. The average molecular weight is 306 g/mol. The van der Waals surface area contributed by atoms with Gasteiger partial charge in [0.2, 0.25) is 0 Å². The quantitative estimate of drug-likeness (QED) is 0.887. The standard InChI is InChI=1S/C12H11ClF3N3O/c1-2-19-6-17-5-8(19)10(20)7-3-4-9(12(14,15)16)18-11(7)13/h3-6,10,20H,2H2,1H3. The van der Waals surface area contributed by atoms with E-state index in [9.17, 15) is 18.3 Å². The van der Waals surface area contributed by atoms with Crippen molar-refractivity contribution < 1.29 is 18.3 Å². The number of imidazole rings is 1. The van der Waals surface area contributed by atoms with Gasteiger partial charge in [-0.25, -0.2) is 9.97 Å². The Morgan fingerprint density at radius 3 is 2.65 bits per heavy atom. The van der Waals surface area contributed by atoms with E-state index in [2.05, 4.69) is 9.97 Å². The minimum atomic E-state index is -4.57. The number of aliphatic hydroxyl groups is 1. The van der Waals surface area contributed by atoms with Gasteiger partial charge in [-0.1, -0.05) is 17.7 Å². The zero-order valence-electron chi connectivity index (χ0n) is 10.4. The summed E-state index contributed by atoms with van der Waals surface area (Å²) >= 11 is 5.74. The van der Waals surface area contributed by atoms with Crippen molar-refractivity contribution in [3.8, 4) is 0 Å². The van der Waals surface area contributed by atoms with E-state index in [1.807, 2.05) is 6.92 Å². The first kappa shape index (κ1) is 14.8. The molecule has 1 atom stereocenters. The molecule has 0 bridgehead atoms. The number of aryl methyl sites for hydroxylation is 1. The Balaban J connectivity index is 2.39. The molecule has 1 unspecified atom stereocenters. The van der Waals surface area contributed by atoms with Gasteiger partial charge >= 0.3 is 6.18 Å². The molecular weight excluding hydrogens is 295 g/mol. The Morgan fingerprint density at radius 1 is 1.40 bits per heavy atom. The van der Waals surface area contributed by atoms with Crippen LogP contribution in [0.1, 0.15) is 30.0 Å². The lowest BCUT2D eigenvalue weighted by molar-refractivity contribution is -0.141. The van der Waals surface area contributed by atoms with E-state index in [4.69, 9.17) is 11.6 Å². The number of aromatic nitrogens is 3. The van der Waals surface area contributed by atoms with Crippen LogP contribution in [0.2, 0.25) is 5.15 Å². The van der Waals surface area contributed by atoms with Crippen LogP contribution in [0, 0.1) is 0 Å². The van der Waals surface area contributed by atoms with Gasteiger partial charge in [0, 0.05) is 12.1 Å². The van der Waals surface area contributed by atoms with Gasteiger partial charge in [0.25, 0.3) is 0 Å². The van der Waals surface area contributed by atoms with Crippen molar-refractivity contribution in [2.24, 2.45) is 0 Å². The maximum Gasteiger partial charge on any atom is 0.433 e. The lowest BCUT2D eigenvalue weighted by atomic mass is 10.1. The molecule has 0 aliphatic carbocycles. The lowest BCUT2D eigenvalue weighted by Gasteiger charge is -2.15. The highest BCUT2D eigenvalue weighted by Crippen LogP contribution is 2.32. The van der Waals surface area contributed by atoms with Gasteiger partial charge in [0.1, 0.15) is 17.0 Å². The minimum Gasteiger partial charge on any atom is -0.382 e. The van der Waals surface area contributed by atoms with E-state index in [1.54, 1.807) is 4.57 Å². The number of rotatable bonds is 3. The molecule has 2 aromatic rings. The van der Waals surface area contributed by atoms with E-state index in [0.29, 0.717) is 12.2 Å². The van der Waals surface area contributed by atoms with Gasteiger partial charge in [-0.3, -0.25) is 0 Å². The van der Waals surface area contributed by atoms with Crippen LogP contribution in [0.4, 0.5) is 13.2 Å². The van der Waals surface area contributed by atoms with Crippen LogP contribution in [0.25, 0.3) is 0 Å². The highest BCUT2D eigenvalue weighted by molar-refractivity contribution is 6.30. The van der Waals surface area contributed by atoms with Crippen molar-refractivity contribution in [2.75, 3.05) is 0 Å². The fraction of sp³-hybridized carbons (Fsp3) is 0.333. The second-order valence-electron chi connectivity index (χ2n) is 4.08. The molecule has 0 amide bonds. The largest absolute Gasteiger partial charge is 0.433 e. The topological polar surface area (TPSA) is 50.9 Å². The molecular formula is C12H11ClF3N3O. The molecule has 2 aromatic heterocycles. The van der Waals surface area contributed by atoms with E-state index in [-0.39, 0.29) is 10.7 Å². The number of halogens is 4. The number of nitrogens with zero attached hydrogens (tertiary/aromatic N) is 3. The van der Waals surface area contributed by atoms with Gasteiger partial charge in [-0.15, -0.1) is 0 Å². The number of alkyl halides is 3. The van der Waals surface area contributed by atoms with Crippen molar-refractivity contribution >= 4 is 11.6 Å². The van der Waals surface area contributed by atoms with Crippen molar-refractivity contribution in [3.63, 3.8) is 0 Å². The highest BCUT2D eigenvalue weighted by atomic mass is 35.5. The van der Waals surface area contributed by atoms with E-state index < -0.39 is 18.0 Å². The Kier molecular flexibility index (Phi) is 4.01. The molecule has 108 valence electrons. The summed E-state index contributed by atoms with van der Waals surface area (Å²) in [4.78, 5) is 7.17. The van der Waals surface area contributed by atoms with Gasteiger partial charge in [-0.2, -0.15) is 13.2 Å². The van der Waals surface area contributed by atoms with Crippen molar-refractivity contribution in [2.45, 2.75) is 25.7 Å². The molecule has 2 rings (SSSR count). The number of hydrogen-bond donors (Lipinski definition) is 1. The van der Waals surface area contributed by atoms with Crippen LogP contribution in [0.15, 0.2) is 24.7 Å². The van der Waals surface area contributed by atoms with Gasteiger partial charge in [0.05, 0.1) is 18.2 Å². The fourth-order valence-electron chi connectivity index (χ4n) is 1.79. The predicted molar refractivity (Wildman–Crippen MR) is 66.2 cm³/mol.